The Kier molecular flexibility index (Phi) is 3.64. The first-order valence-corrected chi connectivity index (χ1v) is 5.64. The Balaban J connectivity index is 2.05. The zero-order valence-electron chi connectivity index (χ0n) is 9.91. The maximum atomic E-state index is 12.5. The highest BCUT2D eigenvalue weighted by Crippen LogP contribution is 2.29. The Morgan fingerprint density at radius 1 is 1.00 bits per heavy atom. The van der Waals surface area contributed by atoms with E-state index in [2.05, 4.69) is 5.32 Å². The van der Waals surface area contributed by atoms with E-state index in [1.807, 2.05) is 0 Å². The molecule has 19 heavy (non-hydrogen) atoms. The van der Waals surface area contributed by atoms with Crippen LogP contribution in [0.2, 0.25) is 0 Å². The molecule has 2 rings (SSSR count). The third-order valence-corrected chi connectivity index (χ3v) is 2.62. The van der Waals surface area contributed by atoms with Gasteiger partial charge in [-0.3, -0.25) is 0 Å². The maximum Gasteiger partial charge on any atom is 0.416 e. The fraction of sp³-hybridized carbons (Fsp3) is 0.143. The number of hydrogen-bond acceptors (Lipinski definition) is 2. The van der Waals surface area contributed by atoms with E-state index in [0.29, 0.717) is 5.56 Å². The van der Waals surface area contributed by atoms with Gasteiger partial charge in [0.05, 0.1) is 5.56 Å². The summed E-state index contributed by atoms with van der Waals surface area (Å²) in [5.41, 5.74) is 0.621. The summed E-state index contributed by atoms with van der Waals surface area (Å²) in [5.74, 6) is 0.143. The molecular weight excluding hydrogens is 255 g/mol. The van der Waals surface area contributed by atoms with Crippen molar-refractivity contribution < 1.29 is 18.3 Å². The lowest BCUT2D eigenvalue weighted by Crippen LogP contribution is -2.06. The van der Waals surface area contributed by atoms with Gasteiger partial charge in [0.15, 0.2) is 0 Å². The van der Waals surface area contributed by atoms with Crippen LogP contribution < -0.4 is 5.32 Å². The molecule has 0 heterocycles. The van der Waals surface area contributed by atoms with Crippen LogP contribution in [0.1, 0.15) is 11.1 Å². The number of rotatable bonds is 3. The van der Waals surface area contributed by atoms with Crippen molar-refractivity contribution in [3.8, 4) is 5.75 Å². The van der Waals surface area contributed by atoms with E-state index in [9.17, 15) is 13.2 Å². The van der Waals surface area contributed by atoms with Crippen molar-refractivity contribution >= 4 is 5.69 Å². The summed E-state index contributed by atoms with van der Waals surface area (Å²) < 4.78 is 37.6. The highest BCUT2D eigenvalue weighted by molar-refractivity contribution is 5.46. The Morgan fingerprint density at radius 3 is 2.32 bits per heavy atom. The maximum absolute atomic E-state index is 12.5. The van der Waals surface area contributed by atoms with Crippen LogP contribution in [0.4, 0.5) is 18.9 Å². The number of alkyl halides is 3. The molecule has 2 aromatic rings. The van der Waals surface area contributed by atoms with Crippen molar-refractivity contribution in [2.45, 2.75) is 12.7 Å². The number of nitrogens with one attached hydrogen (secondary N) is 1. The molecule has 0 saturated carbocycles. The molecule has 2 N–H and O–H groups in total. The third-order valence-electron chi connectivity index (χ3n) is 2.62. The zero-order valence-corrected chi connectivity index (χ0v) is 9.91. The molecule has 0 aliphatic rings. The largest absolute Gasteiger partial charge is 0.508 e. The Morgan fingerprint density at radius 2 is 1.68 bits per heavy atom. The zero-order chi connectivity index (χ0) is 13.9. The normalized spacial score (nSPS) is 11.3. The molecule has 0 spiro atoms. The van der Waals surface area contributed by atoms with Crippen LogP contribution in [0.25, 0.3) is 0 Å². The van der Waals surface area contributed by atoms with Crippen LogP contribution in [-0.2, 0) is 12.7 Å². The minimum absolute atomic E-state index is 0.143. The van der Waals surface area contributed by atoms with Crippen molar-refractivity contribution in [3.05, 3.63) is 59.7 Å². The fourth-order valence-corrected chi connectivity index (χ4v) is 1.64. The first kappa shape index (κ1) is 13.3. The topological polar surface area (TPSA) is 32.3 Å². The van der Waals surface area contributed by atoms with Gasteiger partial charge in [-0.2, -0.15) is 13.2 Å². The highest BCUT2D eigenvalue weighted by atomic mass is 19.4. The lowest BCUT2D eigenvalue weighted by molar-refractivity contribution is -0.137. The van der Waals surface area contributed by atoms with Crippen LogP contribution in [0.15, 0.2) is 48.5 Å². The second-order valence-corrected chi connectivity index (χ2v) is 4.10. The summed E-state index contributed by atoms with van der Waals surface area (Å²) in [5, 5.41) is 12.1. The number of phenols is 1. The summed E-state index contributed by atoms with van der Waals surface area (Å²) in [7, 11) is 0. The molecule has 0 aliphatic carbocycles. The predicted molar refractivity (Wildman–Crippen MR) is 66.9 cm³/mol. The highest BCUT2D eigenvalue weighted by Gasteiger charge is 2.30. The smallest absolute Gasteiger partial charge is 0.416 e. The van der Waals surface area contributed by atoms with E-state index in [1.165, 1.54) is 18.2 Å². The third kappa shape index (κ3) is 3.64. The van der Waals surface area contributed by atoms with E-state index in [0.717, 1.165) is 17.8 Å². The van der Waals surface area contributed by atoms with E-state index in [4.69, 9.17) is 5.11 Å². The van der Waals surface area contributed by atoms with E-state index in [1.54, 1.807) is 18.2 Å². The van der Waals surface area contributed by atoms with Gasteiger partial charge in [-0.25, -0.2) is 0 Å². The Hall–Kier alpha value is -2.17. The number of phenolic OH excluding ortho intramolecular Hbond substituents is 1. The van der Waals surface area contributed by atoms with Crippen LogP contribution in [-0.4, -0.2) is 5.11 Å². The molecular formula is C14H12F3NO. The van der Waals surface area contributed by atoms with Gasteiger partial charge in [-0.1, -0.05) is 12.1 Å². The second kappa shape index (κ2) is 5.22. The van der Waals surface area contributed by atoms with E-state index < -0.39 is 11.7 Å². The van der Waals surface area contributed by atoms with Gasteiger partial charge in [-0.05, 0) is 42.0 Å². The van der Waals surface area contributed by atoms with Gasteiger partial charge in [0.25, 0.3) is 0 Å². The van der Waals surface area contributed by atoms with Crippen LogP contribution in [0.5, 0.6) is 5.75 Å². The molecule has 0 saturated heterocycles. The number of halogens is 3. The Labute approximate surface area is 108 Å². The van der Waals surface area contributed by atoms with Gasteiger partial charge in [-0.15, -0.1) is 0 Å². The minimum atomic E-state index is -4.32. The van der Waals surface area contributed by atoms with Crippen molar-refractivity contribution in [2.75, 3.05) is 5.32 Å². The summed E-state index contributed by atoms with van der Waals surface area (Å²) in [4.78, 5) is 0. The molecule has 0 fully saturated rings. The number of benzene rings is 2. The molecule has 5 heteroatoms. The standard InChI is InChI=1S/C14H12F3NO/c15-14(16,17)11-3-1-2-10(8-11)9-18-12-4-6-13(19)7-5-12/h1-8,18-19H,9H2. The Bertz CT molecular complexity index is 549. The van der Waals surface area contributed by atoms with Crippen molar-refractivity contribution in [2.24, 2.45) is 0 Å². The molecule has 2 aromatic carbocycles. The monoisotopic (exact) mass is 267 g/mol. The number of hydrogen-bond donors (Lipinski definition) is 2. The molecule has 0 bridgehead atoms. The average molecular weight is 267 g/mol. The fourth-order valence-electron chi connectivity index (χ4n) is 1.64. The lowest BCUT2D eigenvalue weighted by atomic mass is 10.1. The predicted octanol–water partition coefficient (Wildman–Crippen LogP) is 4.02. The van der Waals surface area contributed by atoms with Gasteiger partial charge in [0.1, 0.15) is 5.75 Å². The first-order valence-electron chi connectivity index (χ1n) is 5.64. The van der Waals surface area contributed by atoms with Gasteiger partial charge >= 0.3 is 6.18 Å². The lowest BCUT2D eigenvalue weighted by Gasteiger charge is -2.10. The quantitative estimate of drug-likeness (QED) is 0.823. The number of anilines is 1. The first-order chi connectivity index (χ1) is 8.95. The molecule has 0 radical (unpaired) electrons. The van der Waals surface area contributed by atoms with Crippen molar-refractivity contribution in [1.29, 1.82) is 0 Å². The van der Waals surface area contributed by atoms with Crippen molar-refractivity contribution in [1.82, 2.24) is 0 Å². The molecule has 100 valence electrons. The van der Waals surface area contributed by atoms with Crippen molar-refractivity contribution in [3.63, 3.8) is 0 Å². The second-order valence-electron chi connectivity index (χ2n) is 4.10. The molecule has 0 aliphatic heterocycles. The van der Waals surface area contributed by atoms with Crippen LogP contribution in [0, 0.1) is 0 Å². The van der Waals surface area contributed by atoms with E-state index in [-0.39, 0.29) is 12.3 Å². The molecule has 0 aromatic heterocycles. The molecule has 0 unspecified atom stereocenters. The van der Waals surface area contributed by atoms with Gasteiger partial charge in [0, 0.05) is 12.2 Å². The summed E-state index contributed by atoms with van der Waals surface area (Å²) in [6.45, 7) is 0.286. The summed E-state index contributed by atoms with van der Waals surface area (Å²) >= 11 is 0. The molecule has 0 atom stereocenters. The summed E-state index contributed by atoms with van der Waals surface area (Å²) in [6, 6.07) is 11.5. The van der Waals surface area contributed by atoms with Gasteiger partial charge in [0.2, 0.25) is 0 Å². The average Bonchev–Trinajstić information content (AvgIpc) is 2.37. The molecule has 0 amide bonds. The van der Waals surface area contributed by atoms with Crippen LogP contribution in [0.3, 0.4) is 0 Å². The van der Waals surface area contributed by atoms with E-state index >= 15 is 0 Å². The van der Waals surface area contributed by atoms with Crippen LogP contribution >= 0.6 is 0 Å². The molecule has 2 nitrogen and oxygen atoms in total. The SMILES string of the molecule is Oc1ccc(NCc2cccc(C(F)(F)F)c2)cc1. The van der Waals surface area contributed by atoms with Gasteiger partial charge < -0.3 is 10.4 Å². The minimum Gasteiger partial charge on any atom is -0.508 e. The number of aromatic hydroxyl groups is 1. The summed E-state index contributed by atoms with van der Waals surface area (Å²) in [6.07, 6.45) is -4.32.